The Balaban J connectivity index is 4.26. The Morgan fingerprint density at radius 1 is 0.633 bits per heavy atom. The summed E-state index contributed by atoms with van der Waals surface area (Å²) in [7, 11) is 1.31. The van der Waals surface area contributed by atoms with Crippen LogP contribution in [0.15, 0.2) is 0 Å². The summed E-state index contributed by atoms with van der Waals surface area (Å²) in [5.74, 6) is -0.164. The monoisotopic (exact) mass is 719 g/mol. The summed E-state index contributed by atoms with van der Waals surface area (Å²) in [6.45, 7) is 4.70. The van der Waals surface area contributed by atoms with Crippen molar-refractivity contribution in [3.8, 4) is 0 Å². The minimum absolute atomic E-state index is 0.0155. The zero-order valence-corrected chi connectivity index (χ0v) is 34.1. The molecule has 294 valence electrons. The van der Waals surface area contributed by atoms with Gasteiger partial charge in [0.2, 0.25) is 5.91 Å². The van der Waals surface area contributed by atoms with E-state index in [-0.39, 0.29) is 19.1 Å². The van der Waals surface area contributed by atoms with Gasteiger partial charge in [0.25, 0.3) is 7.82 Å². The molecule has 0 bridgehead atoms. The summed E-state index contributed by atoms with van der Waals surface area (Å²) >= 11 is 0. The number of phosphoric acid groups is 1. The maximum absolute atomic E-state index is 12.8. The van der Waals surface area contributed by atoms with Crippen molar-refractivity contribution in [2.24, 2.45) is 0 Å². The molecule has 0 saturated heterocycles. The van der Waals surface area contributed by atoms with E-state index in [1.54, 1.807) is 0 Å². The number of unbranched alkanes of at least 4 members (excludes halogenated alkanes) is 25. The van der Waals surface area contributed by atoms with Crippen LogP contribution in [-0.2, 0) is 18.4 Å². The van der Waals surface area contributed by atoms with Crippen molar-refractivity contribution in [2.75, 3.05) is 40.9 Å². The Hall–Kier alpha value is -0.500. The molecule has 0 aliphatic rings. The van der Waals surface area contributed by atoms with Crippen LogP contribution in [0.5, 0.6) is 0 Å². The molecule has 0 spiro atoms. The smallest absolute Gasteiger partial charge is 0.268 e. The Morgan fingerprint density at radius 2 is 1.00 bits per heavy atom. The number of rotatable bonds is 38. The predicted molar refractivity (Wildman–Crippen MR) is 206 cm³/mol. The third-order valence-corrected chi connectivity index (χ3v) is 10.6. The molecule has 3 unspecified atom stereocenters. The number of carbonyl (C=O) groups excluding carboxylic acids is 1. The van der Waals surface area contributed by atoms with Gasteiger partial charge in [0.15, 0.2) is 0 Å². The fourth-order valence-electron chi connectivity index (χ4n) is 6.22. The van der Waals surface area contributed by atoms with Crippen LogP contribution >= 0.6 is 7.82 Å². The summed E-state index contributed by atoms with van der Waals surface area (Å²) < 4.78 is 23.2. The SMILES string of the molecule is CCCCCCCCCCCCCCCCCCCCC(=O)NC(COP(=O)([O-])OCC[N+](C)(C)C)C(O)CCCCCCCCCCC. The Kier molecular flexibility index (Phi) is 33.0. The zero-order chi connectivity index (χ0) is 36.5. The Morgan fingerprint density at radius 3 is 1.39 bits per heavy atom. The highest BCUT2D eigenvalue weighted by molar-refractivity contribution is 7.45. The number of amides is 1. The van der Waals surface area contributed by atoms with Gasteiger partial charge in [-0.05, 0) is 12.8 Å². The first-order valence-corrected chi connectivity index (χ1v) is 22.3. The molecule has 3 atom stereocenters. The molecule has 2 N–H and O–H groups in total. The first kappa shape index (κ1) is 48.5. The van der Waals surface area contributed by atoms with Gasteiger partial charge < -0.3 is 28.8 Å². The molecule has 0 aromatic heterocycles. The molecule has 0 heterocycles. The van der Waals surface area contributed by atoms with Gasteiger partial charge in [-0.3, -0.25) is 9.36 Å². The van der Waals surface area contributed by atoms with Crippen LogP contribution in [0.25, 0.3) is 0 Å². The van der Waals surface area contributed by atoms with Crippen LogP contribution in [0, 0.1) is 0 Å². The van der Waals surface area contributed by atoms with Crippen molar-refractivity contribution < 1.29 is 32.9 Å². The molecular formula is C40H83N2O6P. The molecule has 9 heteroatoms. The lowest BCUT2D eigenvalue weighted by atomic mass is 10.0. The summed E-state index contributed by atoms with van der Waals surface area (Å²) in [6, 6.07) is -0.790. The molecule has 0 aromatic carbocycles. The summed E-state index contributed by atoms with van der Waals surface area (Å²) in [5, 5.41) is 13.8. The van der Waals surface area contributed by atoms with Crippen molar-refractivity contribution in [1.82, 2.24) is 5.32 Å². The van der Waals surface area contributed by atoms with Crippen LogP contribution in [0.3, 0.4) is 0 Å². The summed E-state index contributed by atoms with van der Waals surface area (Å²) in [6.07, 6.45) is 33.9. The van der Waals surface area contributed by atoms with Crippen molar-refractivity contribution in [1.29, 1.82) is 0 Å². The van der Waals surface area contributed by atoms with Crippen molar-refractivity contribution in [3.63, 3.8) is 0 Å². The van der Waals surface area contributed by atoms with Gasteiger partial charge in [0, 0.05) is 6.42 Å². The number of phosphoric ester groups is 1. The van der Waals surface area contributed by atoms with E-state index in [1.165, 1.54) is 135 Å². The molecule has 0 rings (SSSR count). The van der Waals surface area contributed by atoms with Gasteiger partial charge in [-0.1, -0.05) is 181 Å². The Labute approximate surface area is 304 Å². The van der Waals surface area contributed by atoms with Gasteiger partial charge in [-0.2, -0.15) is 0 Å². The number of nitrogens with zero attached hydrogens (tertiary/aromatic N) is 1. The molecule has 0 saturated carbocycles. The average Bonchev–Trinajstić information content (AvgIpc) is 3.04. The first-order chi connectivity index (χ1) is 23.5. The number of hydrogen-bond acceptors (Lipinski definition) is 6. The van der Waals surface area contributed by atoms with E-state index in [2.05, 4.69) is 19.2 Å². The van der Waals surface area contributed by atoms with Crippen molar-refractivity contribution >= 4 is 13.7 Å². The lowest BCUT2D eigenvalue weighted by Gasteiger charge is -2.30. The van der Waals surface area contributed by atoms with E-state index in [9.17, 15) is 19.4 Å². The van der Waals surface area contributed by atoms with Gasteiger partial charge in [-0.25, -0.2) is 0 Å². The zero-order valence-electron chi connectivity index (χ0n) is 33.2. The van der Waals surface area contributed by atoms with E-state index in [1.807, 2.05) is 21.1 Å². The number of quaternary nitrogens is 1. The maximum Gasteiger partial charge on any atom is 0.268 e. The van der Waals surface area contributed by atoms with Gasteiger partial charge >= 0.3 is 0 Å². The molecule has 49 heavy (non-hydrogen) atoms. The van der Waals surface area contributed by atoms with E-state index in [0.717, 1.165) is 38.5 Å². The van der Waals surface area contributed by atoms with Gasteiger partial charge in [0.05, 0.1) is 39.9 Å². The average molecular weight is 719 g/mol. The summed E-state index contributed by atoms with van der Waals surface area (Å²) in [5.41, 5.74) is 0. The molecule has 0 radical (unpaired) electrons. The highest BCUT2D eigenvalue weighted by Crippen LogP contribution is 2.38. The van der Waals surface area contributed by atoms with E-state index >= 15 is 0 Å². The quantitative estimate of drug-likeness (QED) is 0.0374. The molecule has 1 amide bonds. The minimum Gasteiger partial charge on any atom is -0.756 e. The molecule has 0 aliphatic heterocycles. The Bertz CT molecular complexity index is 778. The van der Waals surface area contributed by atoms with Crippen molar-refractivity contribution in [3.05, 3.63) is 0 Å². The third-order valence-electron chi connectivity index (χ3n) is 9.60. The number of hydrogen-bond donors (Lipinski definition) is 2. The fourth-order valence-corrected chi connectivity index (χ4v) is 6.94. The number of nitrogens with one attached hydrogen (secondary N) is 1. The second-order valence-corrected chi connectivity index (χ2v) is 17.1. The third kappa shape index (κ3) is 35.7. The van der Waals surface area contributed by atoms with Crippen LogP contribution < -0.4 is 10.2 Å². The fraction of sp³-hybridized carbons (Fsp3) is 0.975. The molecule has 8 nitrogen and oxygen atoms in total. The molecule has 0 aromatic rings. The first-order valence-electron chi connectivity index (χ1n) is 20.9. The minimum atomic E-state index is -4.55. The van der Waals surface area contributed by atoms with Crippen molar-refractivity contribution in [2.45, 2.75) is 212 Å². The number of aliphatic hydroxyl groups excluding tert-OH is 1. The highest BCUT2D eigenvalue weighted by atomic mass is 31.2. The maximum atomic E-state index is 12.8. The van der Waals surface area contributed by atoms with Crippen LogP contribution in [0.1, 0.15) is 200 Å². The van der Waals surface area contributed by atoms with E-state index in [4.69, 9.17) is 9.05 Å². The topological polar surface area (TPSA) is 108 Å². The number of likely N-dealkylation sites (N-methyl/N-ethyl adjacent to an activating group) is 1. The molecule has 0 aliphatic carbocycles. The number of carbonyl (C=O) groups is 1. The van der Waals surface area contributed by atoms with Gasteiger partial charge in [-0.15, -0.1) is 0 Å². The number of aliphatic hydroxyl groups is 1. The van der Waals surface area contributed by atoms with Crippen LogP contribution in [-0.4, -0.2) is 68.5 Å². The highest BCUT2D eigenvalue weighted by Gasteiger charge is 2.24. The molecular weight excluding hydrogens is 635 g/mol. The van der Waals surface area contributed by atoms with Crippen LogP contribution in [0.4, 0.5) is 0 Å². The normalized spacial score (nSPS) is 14.5. The van der Waals surface area contributed by atoms with Gasteiger partial charge in [0.1, 0.15) is 13.2 Å². The molecule has 0 fully saturated rings. The van der Waals surface area contributed by atoms with Crippen LogP contribution in [0.2, 0.25) is 0 Å². The lowest BCUT2D eigenvalue weighted by Crippen LogP contribution is -2.46. The summed E-state index contributed by atoms with van der Waals surface area (Å²) in [4.78, 5) is 25.2. The largest absolute Gasteiger partial charge is 0.756 e. The van der Waals surface area contributed by atoms with E-state index < -0.39 is 20.0 Å². The standard InChI is InChI=1S/C40H83N2O6P/c1-6-8-10-12-14-16-17-18-19-20-21-22-23-24-26-28-30-32-34-40(44)41-38(37-48-49(45,46)47-36-35-42(3,4)5)39(43)33-31-29-27-25-15-13-11-9-7-2/h38-39,43H,6-37H2,1-5H3,(H-,41,44,45,46). The second-order valence-electron chi connectivity index (χ2n) is 15.7. The van der Waals surface area contributed by atoms with E-state index in [0.29, 0.717) is 23.9 Å². The second kappa shape index (κ2) is 33.3. The predicted octanol–water partition coefficient (Wildman–Crippen LogP) is 10.4. The lowest BCUT2D eigenvalue weighted by molar-refractivity contribution is -0.870.